The van der Waals surface area contributed by atoms with Crippen molar-refractivity contribution < 1.29 is 0 Å². The van der Waals surface area contributed by atoms with E-state index < -0.39 is 0 Å². The third-order valence-electron chi connectivity index (χ3n) is 0.591. The highest BCUT2D eigenvalue weighted by Gasteiger charge is 2.06. The van der Waals surface area contributed by atoms with E-state index in [1.165, 1.54) is 0 Å². The molecule has 1 heterocycles. The van der Waals surface area contributed by atoms with Crippen molar-refractivity contribution in [3.05, 3.63) is 0 Å². The number of rotatable bonds is 0. The van der Waals surface area contributed by atoms with Crippen LogP contribution >= 0.6 is 22.9 Å². The van der Waals surface area contributed by atoms with Crippen LogP contribution in [0.25, 0.3) is 0 Å². The summed E-state index contributed by atoms with van der Waals surface area (Å²) in [6, 6.07) is 0. The summed E-state index contributed by atoms with van der Waals surface area (Å²) in [5.74, 6) is 0. The summed E-state index contributed by atoms with van der Waals surface area (Å²) in [6.07, 6.45) is 0. The molecule has 0 saturated carbocycles. The number of hydrogen-bond donors (Lipinski definition) is 0. The van der Waals surface area contributed by atoms with E-state index in [1.807, 2.05) is 0 Å². The van der Waals surface area contributed by atoms with Gasteiger partial charge in [-0.05, 0) is 6.92 Å². The van der Waals surface area contributed by atoms with E-state index in [-0.39, 0.29) is 0 Å². The van der Waals surface area contributed by atoms with Crippen molar-refractivity contribution >= 4 is 22.9 Å². The zero-order valence-electron chi connectivity index (χ0n) is 2.97. The lowest BCUT2D eigenvalue weighted by molar-refractivity contribution is 1.45. The molecule has 0 spiro atoms. The van der Waals surface area contributed by atoms with Crippen LogP contribution in [0, 0.1) is 0 Å². The van der Waals surface area contributed by atoms with Gasteiger partial charge < -0.3 is 0 Å². The van der Waals surface area contributed by atoms with Crippen LogP contribution in [-0.4, -0.2) is 5.40 Å². The van der Waals surface area contributed by atoms with Gasteiger partial charge in [0.2, 0.25) is 0 Å². The van der Waals surface area contributed by atoms with E-state index >= 15 is 0 Å². The van der Waals surface area contributed by atoms with Gasteiger partial charge >= 0.3 is 0 Å². The summed E-state index contributed by atoms with van der Waals surface area (Å²) in [5.41, 5.74) is 0. The predicted molar refractivity (Wildman–Crippen MR) is 31.6 cm³/mol. The molecule has 0 aromatic rings. The maximum Gasteiger partial charge on any atom is 0.0477 e. The van der Waals surface area contributed by atoms with Gasteiger partial charge in [0, 0.05) is 5.40 Å². The Morgan fingerprint density at radius 3 is 2.20 bits per heavy atom. The summed E-state index contributed by atoms with van der Waals surface area (Å²) in [4.78, 5) is 0. The second kappa shape index (κ2) is 1.19. The van der Waals surface area contributed by atoms with Crippen LogP contribution in [0.2, 0.25) is 0 Å². The van der Waals surface area contributed by atoms with Crippen LogP contribution in [0.3, 0.4) is 0 Å². The van der Waals surface area contributed by atoms with E-state index in [4.69, 9.17) is 0 Å². The molecule has 0 fully saturated rings. The summed E-state index contributed by atoms with van der Waals surface area (Å²) >= 11 is 0. The van der Waals surface area contributed by atoms with Gasteiger partial charge in [0.05, 0.1) is 0 Å². The van der Waals surface area contributed by atoms with E-state index in [0.717, 1.165) is 5.40 Å². The fourth-order valence-electron chi connectivity index (χ4n) is 0.150. The van der Waals surface area contributed by atoms with Crippen LogP contribution in [0.5, 0.6) is 0 Å². The molecular weight excluding hydrogens is 117 g/mol. The zero-order valence-corrected chi connectivity index (χ0v) is 5.76. The lowest BCUT2D eigenvalue weighted by Crippen LogP contribution is -1.49. The zero-order chi connectivity index (χ0) is 3.86. The monoisotopic (exact) mass is 122 g/mol. The molecule has 1 rings (SSSR count). The first-order valence-electron chi connectivity index (χ1n) is 1.52. The lowest BCUT2D eigenvalue weighted by atomic mass is 11.0. The van der Waals surface area contributed by atoms with Crippen LogP contribution in [0.15, 0.2) is 0 Å². The molecule has 1 aliphatic rings. The van der Waals surface area contributed by atoms with Crippen LogP contribution in [0.1, 0.15) is 6.92 Å². The predicted octanol–water partition coefficient (Wildman–Crippen LogP) is 2.75. The first-order chi connectivity index (χ1) is 2.30. The molecule has 0 aromatic heterocycles. The Hall–Kier alpha value is 0.900. The molecule has 2 atom stereocenters. The van der Waals surface area contributed by atoms with Crippen molar-refractivity contribution in [1.29, 1.82) is 0 Å². The van der Waals surface area contributed by atoms with Crippen LogP contribution in [-0.2, 0) is 0 Å². The van der Waals surface area contributed by atoms with Crippen molar-refractivity contribution in [3.63, 3.8) is 0 Å². The Morgan fingerprint density at radius 2 is 2.20 bits per heavy atom. The summed E-state index contributed by atoms with van der Waals surface area (Å²) < 4.78 is 0. The normalized spacial score (nSPS) is 43.4. The first-order valence-corrected chi connectivity index (χ1v) is 5.94. The average Bonchev–Trinajstić information content (AvgIpc) is 1.79. The van der Waals surface area contributed by atoms with Gasteiger partial charge in [-0.3, -0.25) is 0 Å². The van der Waals surface area contributed by atoms with E-state index in [2.05, 4.69) is 15.5 Å². The van der Waals surface area contributed by atoms with Crippen molar-refractivity contribution in [2.24, 2.45) is 0 Å². The lowest BCUT2D eigenvalue weighted by Gasteiger charge is -1.59. The highest BCUT2D eigenvalue weighted by atomic mass is 32.0. The Morgan fingerprint density at radius 1 is 2.00 bits per heavy atom. The Kier molecular flexibility index (Phi) is 0.972. The molecule has 0 nitrogen and oxygen atoms in total. The molecule has 0 amide bonds. The standard InChI is InChI=1S/C2H5P3/c1-2-4-5(2)3/h2-3H,1H3. The van der Waals surface area contributed by atoms with E-state index in [0.29, 0.717) is 6.50 Å². The van der Waals surface area contributed by atoms with Crippen molar-refractivity contribution in [2.75, 3.05) is 0 Å². The number of hydrogen-bond acceptors (Lipinski definition) is 0. The molecule has 3 heteroatoms. The van der Waals surface area contributed by atoms with Crippen molar-refractivity contribution in [1.82, 2.24) is 0 Å². The Labute approximate surface area is 36.0 Å². The van der Waals surface area contributed by atoms with Gasteiger partial charge in [-0.1, -0.05) is 22.9 Å². The molecule has 2 unspecified atom stereocenters. The van der Waals surface area contributed by atoms with Gasteiger partial charge in [0.1, 0.15) is 0 Å². The molecule has 0 bridgehead atoms. The minimum absolute atomic E-state index is 0.346. The summed E-state index contributed by atoms with van der Waals surface area (Å²) in [6.45, 7) is 2.61. The second-order valence-corrected chi connectivity index (χ2v) is 8.53. The SMILES string of the molecule is CC1P=P1=P. The van der Waals surface area contributed by atoms with Crippen LogP contribution in [0.4, 0.5) is 0 Å². The van der Waals surface area contributed by atoms with Gasteiger partial charge in [0.15, 0.2) is 0 Å². The quantitative estimate of drug-likeness (QED) is 0.433. The van der Waals surface area contributed by atoms with Crippen molar-refractivity contribution in [3.8, 4) is 0 Å². The molecule has 0 saturated heterocycles. The molecule has 1 aliphatic heterocycles. The topological polar surface area (TPSA) is 0 Å². The van der Waals surface area contributed by atoms with Gasteiger partial charge in [0.25, 0.3) is 0 Å². The van der Waals surface area contributed by atoms with E-state index in [1.54, 1.807) is 7.87 Å². The molecule has 0 aliphatic carbocycles. The van der Waals surface area contributed by atoms with Crippen LogP contribution < -0.4 is 0 Å². The van der Waals surface area contributed by atoms with E-state index in [9.17, 15) is 0 Å². The summed E-state index contributed by atoms with van der Waals surface area (Å²) in [7, 11) is 5.18. The first kappa shape index (κ1) is 4.07. The molecule has 0 N–H and O–H groups in total. The fraction of sp³-hybridized carbons (Fsp3) is 1.00. The summed E-state index contributed by atoms with van der Waals surface area (Å²) in [5, 5.41) is 1.00. The third kappa shape index (κ3) is 0.866. The molecule has 5 heavy (non-hydrogen) atoms. The average molecular weight is 122 g/mol. The molecular formula is C2H5P3. The second-order valence-electron chi connectivity index (χ2n) is 1.09. The largest absolute Gasteiger partial charge is 0.0927 e. The third-order valence-corrected chi connectivity index (χ3v) is 7.40. The van der Waals surface area contributed by atoms with Gasteiger partial charge in [-0.2, -0.15) is 0 Å². The van der Waals surface area contributed by atoms with Gasteiger partial charge in [-0.25, -0.2) is 0 Å². The van der Waals surface area contributed by atoms with Gasteiger partial charge in [-0.15, -0.1) is 0 Å². The maximum atomic E-state index is 3.54. The fourth-order valence-corrected chi connectivity index (χ4v) is 4.25. The van der Waals surface area contributed by atoms with Crippen molar-refractivity contribution in [2.45, 2.75) is 12.3 Å². The maximum absolute atomic E-state index is 3.54. The molecule has 28 valence electrons. The highest BCUT2D eigenvalue weighted by molar-refractivity contribution is 8.22. The highest BCUT2D eigenvalue weighted by Crippen LogP contribution is 2.57. The molecule has 0 aromatic carbocycles. The smallest absolute Gasteiger partial charge is 0.0477 e. The molecule has 0 radical (unpaired) electrons. The Bertz CT molecular complexity index is 108. The minimum atomic E-state index is 0.346. The Balaban J connectivity index is 2.70. The minimum Gasteiger partial charge on any atom is -0.0927 e.